The molecule has 1 aliphatic rings. The van der Waals surface area contributed by atoms with Crippen LogP contribution in [0.5, 0.6) is 5.75 Å². The number of rotatable bonds is 11. The van der Waals surface area contributed by atoms with Crippen LogP contribution in [0.2, 0.25) is 0 Å². The van der Waals surface area contributed by atoms with Crippen molar-refractivity contribution in [1.29, 1.82) is 0 Å². The zero-order valence-electron chi connectivity index (χ0n) is 22.5. The van der Waals surface area contributed by atoms with E-state index in [1.807, 2.05) is 24.3 Å². The number of aromatic hydroxyl groups is 1. The number of carbonyl (C=O) groups is 2. The van der Waals surface area contributed by atoms with Crippen LogP contribution in [0.4, 0.5) is 0 Å². The number of para-hydroxylation sites is 1. The van der Waals surface area contributed by atoms with E-state index in [2.05, 4.69) is 21.9 Å². The Kier molecular flexibility index (Phi) is 9.37. The molecule has 7 nitrogen and oxygen atoms in total. The summed E-state index contributed by atoms with van der Waals surface area (Å²) in [5.74, 6) is 0.869. The van der Waals surface area contributed by atoms with E-state index in [1.165, 1.54) is 0 Å². The number of nitrogens with zero attached hydrogens (tertiary/aromatic N) is 4. The highest BCUT2D eigenvalue weighted by molar-refractivity contribution is 6.36. The van der Waals surface area contributed by atoms with Crippen molar-refractivity contribution in [2.24, 2.45) is 11.8 Å². The summed E-state index contributed by atoms with van der Waals surface area (Å²) in [6.07, 6.45) is 12.2. The van der Waals surface area contributed by atoms with Crippen LogP contribution in [0.3, 0.4) is 0 Å². The highest BCUT2D eigenvalue weighted by Gasteiger charge is 2.28. The Bertz CT molecular complexity index is 1300. The summed E-state index contributed by atoms with van der Waals surface area (Å²) in [5, 5.41) is 14.8. The van der Waals surface area contributed by atoms with E-state index in [0.717, 1.165) is 70.2 Å². The number of hydrogen-bond acceptors (Lipinski definition) is 5. The van der Waals surface area contributed by atoms with E-state index in [0.29, 0.717) is 28.3 Å². The molecule has 2 radical (unpaired) electrons. The van der Waals surface area contributed by atoms with Crippen LogP contribution in [0.15, 0.2) is 48.7 Å². The second-order valence-corrected chi connectivity index (χ2v) is 10.4. The Morgan fingerprint density at radius 3 is 2.84 bits per heavy atom. The number of ketones is 1. The highest BCUT2D eigenvalue weighted by Crippen LogP contribution is 2.30. The van der Waals surface area contributed by atoms with Gasteiger partial charge in [0.2, 0.25) is 5.91 Å². The molecule has 0 saturated carbocycles. The van der Waals surface area contributed by atoms with Gasteiger partial charge in [-0.15, -0.1) is 0 Å². The third-order valence-corrected chi connectivity index (χ3v) is 7.41. The molecule has 1 N–H and O–H groups in total. The SMILES string of the molecule is [B]c1cnn2c(CCC3CCCN(C(=O)C(CCC)CC/C=C\C(C)=O)C3)cc(-c3ccccc3O)nc12. The fourth-order valence-corrected chi connectivity index (χ4v) is 5.45. The first kappa shape index (κ1) is 27.6. The van der Waals surface area contributed by atoms with Gasteiger partial charge in [0.1, 0.15) is 19.2 Å². The largest absolute Gasteiger partial charge is 0.507 e. The Balaban J connectivity index is 1.45. The third-order valence-electron chi connectivity index (χ3n) is 7.41. The van der Waals surface area contributed by atoms with Crippen LogP contribution in [0.1, 0.15) is 64.5 Å². The number of piperidine rings is 1. The summed E-state index contributed by atoms with van der Waals surface area (Å²) in [6, 6.07) is 9.14. The summed E-state index contributed by atoms with van der Waals surface area (Å²) >= 11 is 0. The van der Waals surface area contributed by atoms with Gasteiger partial charge in [0.15, 0.2) is 5.78 Å². The molecule has 2 atom stereocenters. The van der Waals surface area contributed by atoms with Crippen LogP contribution >= 0.6 is 0 Å². The molecule has 198 valence electrons. The van der Waals surface area contributed by atoms with E-state index < -0.39 is 0 Å². The van der Waals surface area contributed by atoms with E-state index in [1.54, 1.807) is 35.8 Å². The Hall–Kier alpha value is -3.42. The number of phenolic OH excluding ortho intramolecular Hbond substituents is 1. The van der Waals surface area contributed by atoms with Crippen LogP contribution in [0.25, 0.3) is 16.9 Å². The molecule has 2 aromatic heterocycles. The number of benzene rings is 1. The van der Waals surface area contributed by atoms with E-state index >= 15 is 0 Å². The lowest BCUT2D eigenvalue weighted by Gasteiger charge is -2.35. The van der Waals surface area contributed by atoms with Crippen LogP contribution in [0, 0.1) is 11.8 Å². The van der Waals surface area contributed by atoms with Gasteiger partial charge < -0.3 is 10.0 Å². The molecule has 8 heteroatoms. The van der Waals surface area contributed by atoms with Crippen molar-refractivity contribution < 1.29 is 14.7 Å². The predicted molar refractivity (Wildman–Crippen MR) is 151 cm³/mol. The molecule has 4 rings (SSSR count). The predicted octanol–water partition coefficient (Wildman–Crippen LogP) is 4.41. The van der Waals surface area contributed by atoms with Gasteiger partial charge in [-0.25, -0.2) is 9.50 Å². The van der Waals surface area contributed by atoms with E-state index in [-0.39, 0.29) is 23.4 Å². The molecule has 1 fully saturated rings. The minimum absolute atomic E-state index is 0.00309. The number of likely N-dealkylation sites (tertiary alicyclic amines) is 1. The fraction of sp³-hybridized carbons (Fsp3) is 0.467. The van der Waals surface area contributed by atoms with Crippen LogP contribution in [-0.4, -0.2) is 57.2 Å². The number of aryl methyl sites for hydroxylation is 1. The molecule has 38 heavy (non-hydrogen) atoms. The first-order valence-electron chi connectivity index (χ1n) is 13.7. The Labute approximate surface area is 226 Å². The maximum atomic E-state index is 13.4. The minimum Gasteiger partial charge on any atom is -0.507 e. The van der Waals surface area contributed by atoms with Crippen LogP contribution < -0.4 is 5.46 Å². The van der Waals surface area contributed by atoms with Crippen molar-refractivity contribution in [1.82, 2.24) is 19.5 Å². The monoisotopic (exact) mass is 512 g/mol. The van der Waals surface area contributed by atoms with Crippen molar-refractivity contribution in [3.8, 4) is 17.0 Å². The average molecular weight is 512 g/mol. The number of phenols is 1. The van der Waals surface area contributed by atoms with Crippen molar-refractivity contribution in [3.05, 3.63) is 54.4 Å². The number of hydrogen-bond donors (Lipinski definition) is 1. The van der Waals surface area contributed by atoms with Gasteiger partial charge in [0.05, 0.1) is 5.69 Å². The maximum Gasteiger partial charge on any atom is 0.225 e. The summed E-state index contributed by atoms with van der Waals surface area (Å²) in [4.78, 5) is 31.3. The zero-order chi connectivity index (χ0) is 27.1. The van der Waals surface area contributed by atoms with Crippen molar-refractivity contribution >= 4 is 30.6 Å². The first-order valence-corrected chi connectivity index (χ1v) is 13.7. The zero-order valence-corrected chi connectivity index (χ0v) is 22.5. The summed E-state index contributed by atoms with van der Waals surface area (Å²) in [6.45, 7) is 5.24. The van der Waals surface area contributed by atoms with Crippen LogP contribution in [-0.2, 0) is 16.0 Å². The molecular formula is C30H37BN4O3. The van der Waals surface area contributed by atoms with E-state index in [9.17, 15) is 14.7 Å². The standard InChI is InChI=1S/C30H37BN4O3/c1-3-9-23(12-5-4-10-21(2)36)30(38)34-17-8-11-22(20-34)15-16-24-18-27(25-13-6-7-14-28(25)37)33-29-26(31)19-32-35(24)29/h4,6-7,10,13-14,18-19,22-23,37H,3,5,8-9,11-12,15-17,20H2,1-2H3/b10-4-. The lowest BCUT2D eigenvalue weighted by atomic mass is 9.90. The van der Waals surface area contributed by atoms with Gasteiger partial charge in [0.25, 0.3) is 0 Å². The molecule has 0 spiro atoms. The maximum absolute atomic E-state index is 13.4. The third kappa shape index (κ3) is 6.71. The molecule has 1 amide bonds. The minimum atomic E-state index is 0.00309. The second-order valence-electron chi connectivity index (χ2n) is 10.4. The van der Waals surface area contributed by atoms with Gasteiger partial charge in [-0.3, -0.25) is 9.59 Å². The summed E-state index contributed by atoms with van der Waals surface area (Å²) in [7, 11) is 6.16. The number of fused-ring (bicyclic) bond motifs is 1. The first-order chi connectivity index (χ1) is 18.4. The lowest BCUT2D eigenvalue weighted by molar-refractivity contribution is -0.138. The topological polar surface area (TPSA) is 87.8 Å². The molecular weight excluding hydrogens is 475 g/mol. The molecule has 3 aromatic rings. The van der Waals surface area contributed by atoms with Gasteiger partial charge in [-0.05, 0) is 87.5 Å². The van der Waals surface area contributed by atoms with Crippen molar-refractivity contribution in [2.75, 3.05) is 13.1 Å². The van der Waals surface area contributed by atoms with Crippen molar-refractivity contribution in [3.63, 3.8) is 0 Å². The molecule has 1 saturated heterocycles. The Morgan fingerprint density at radius 1 is 1.26 bits per heavy atom. The molecule has 3 heterocycles. The number of allylic oxidation sites excluding steroid dienone is 2. The molecule has 0 bridgehead atoms. The number of aromatic nitrogens is 3. The number of amides is 1. The fourth-order valence-electron chi connectivity index (χ4n) is 5.45. The average Bonchev–Trinajstić information content (AvgIpc) is 3.29. The quantitative estimate of drug-likeness (QED) is 0.304. The van der Waals surface area contributed by atoms with E-state index in [4.69, 9.17) is 7.85 Å². The Morgan fingerprint density at radius 2 is 2.08 bits per heavy atom. The highest BCUT2D eigenvalue weighted by atomic mass is 16.3. The van der Waals surface area contributed by atoms with Gasteiger partial charge >= 0.3 is 0 Å². The number of carbonyl (C=O) groups excluding carboxylic acids is 2. The normalized spacial score (nSPS) is 16.8. The molecule has 1 aliphatic heterocycles. The molecule has 2 unspecified atom stereocenters. The molecule has 0 aliphatic carbocycles. The van der Waals surface area contributed by atoms with Crippen molar-refractivity contribution in [2.45, 2.75) is 65.2 Å². The summed E-state index contributed by atoms with van der Waals surface area (Å²) in [5.41, 5.74) is 3.39. The lowest BCUT2D eigenvalue weighted by Crippen LogP contribution is -2.43. The second kappa shape index (κ2) is 12.9. The summed E-state index contributed by atoms with van der Waals surface area (Å²) < 4.78 is 1.79. The van der Waals surface area contributed by atoms with Gasteiger partial charge in [0, 0.05) is 36.5 Å². The van der Waals surface area contributed by atoms with Gasteiger partial charge in [-0.1, -0.05) is 31.6 Å². The smallest absolute Gasteiger partial charge is 0.225 e. The van der Waals surface area contributed by atoms with Gasteiger partial charge in [-0.2, -0.15) is 5.10 Å². The molecule has 1 aromatic carbocycles.